The van der Waals surface area contributed by atoms with Crippen molar-refractivity contribution < 1.29 is 4.74 Å². The fourth-order valence-corrected chi connectivity index (χ4v) is 2.41. The van der Waals surface area contributed by atoms with Gasteiger partial charge in [0.05, 0.1) is 13.4 Å². The van der Waals surface area contributed by atoms with Crippen LogP contribution in [-0.2, 0) is 0 Å². The van der Waals surface area contributed by atoms with Gasteiger partial charge in [0, 0.05) is 28.6 Å². The Balaban J connectivity index is 2.61. The van der Waals surface area contributed by atoms with E-state index in [0.717, 1.165) is 15.8 Å². The Bertz CT molecular complexity index is 610. The van der Waals surface area contributed by atoms with Crippen molar-refractivity contribution in [3.8, 4) is 5.75 Å². The van der Waals surface area contributed by atoms with Crippen molar-refractivity contribution in [3.63, 3.8) is 0 Å². The first-order valence-corrected chi connectivity index (χ1v) is 7.25. The van der Waals surface area contributed by atoms with E-state index in [-0.39, 0.29) is 5.41 Å². The molecular weight excluding hydrogens is 316 g/mol. The predicted octanol–water partition coefficient (Wildman–Crippen LogP) is 4.70. The third-order valence-corrected chi connectivity index (χ3v) is 3.56. The number of imidazole rings is 1. The van der Waals surface area contributed by atoms with Gasteiger partial charge in [-0.1, -0.05) is 36.7 Å². The molecule has 1 heterocycles. The van der Waals surface area contributed by atoms with Crippen LogP contribution in [0, 0.1) is 5.41 Å². The van der Waals surface area contributed by atoms with Crippen molar-refractivity contribution in [2.75, 3.05) is 7.11 Å². The average molecular weight is 335 g/mol. The molecule has 3 nitrogen and oxygen atoms in total. The summed E-state index contributed by atoms with van der Waals surface area (Å²) >= 11 is 3.54. The number of methoxy groups -OCH3 is 1. The number of aromatic nitrogens is 2. The first kappa shape index (κ1) is 14.9. The monoisotopic (exact) mass is 334 g/mol. The lowest BCUT2D eigenvalue weighted by Crippen LogP contribution is -2.10. The lowest BCUT2D eigenvalue weighted by Gasteiger charge is -2.25. The minimum Gasteiger partial charge on any atom is -0.496 e. The highest BCUT2D eigenvalue weighted by Crippen LogP contribution is 2.40. The molecule has 0 spiro atoms. The molecule has 0 amide bonds. The van der Waals surface area contributed by atoms with Gasteiger partial charge in [0.25, 0.3) is 0 Å². The average Bonchev–Trinajstić information content (AvgIpc) is 2.87. The molecule has 0 aliphatic rings. The summed E-state index contributed by atoms with van der Waals surface area (Å²) in [5.41, 5.74) is 2.26. The minimum absolute atomic E-state index is 0.0155. The van der Waals surface area contributed by atoms with Crippen LogP contribution in [0.5, 0.6) is 5.75 Å². The number of ether oxygens (including phenoxy) is 1. The number of benzene rings is 1. The maximum Gasteiger partial charge on any atom is 0.126 e. The van der Waals surface area contributed by atoms with Gasteiger partial charge < -0.3 is 9.30 Å². The molecule has 0 atom stereocenters. The Morgan fingerprint density at radius 2 is 2.10 bits per heavy atom. The molecule has 0 bridgehead atoms. The number of halogens is 1. The number of nitrogens with zero attached hydrogens (tertiary/aromatic N) is 2. The van der Waals surface area contributed by atoms with E-state index < -0.39 is 0 Å². The van der Waals surface area contributed by atoms with Crippen LogP contribution in [0.3, 0.4) is 0 Å². The molecule has 0 saturated heterocycles. The number of hydrogen-bond acceptors (Lipinski definition) is 2. The third kappa shape index (κ3) is 3.31. The molecule has 106 valence electrons. The highest BCUT2D eigenvalue weighted by molar-refractivity contribution is 9.10. The summed E-state index contributed by atoms with van der Waals surface area (Å²) < 4.78 is 8.50. The van der Waals surface area contributed by atoms with Crippen LogP contribution in [0.25, 0.3) is 11.8 Å². The van der Waals surface area contributed by atoms with Crippen molar-refractivity contribution in [1.29, 1.82) is 0 Å². The Hall–Kier alpha value is -1.55. The third-order valence-electron chi connectivity index (χ3n) is 3.06. The maximum atomic E-state index is 5.51. The van der Waals surface area contributed by atoms with Gasteiger partial charge in [0.2, 0.25) is 0 Å². The van der Waals surface area contributed by atoms with Crippen LogP contribution < -0.4 is 4.74 Å². The summed E-state index contributed by atoms with van der Waals surface area (Å²) in [6, 6.07) is 6.06. The van der Waals surface area contributed by atoms with Gasteiger partial charge in [-0.25, -0.2) is 4.98 Å². The quantitative estimate of drug-likeness (QED) is 0.813. The molecule has 0 saturated carbocycles. The predicted molar refractivity (Wildman–Crippen MR) is 86.5 cm³/mol. The highest BCUT2D eigenvalue weighted by Gasteiger charge is 2.22. The number of rotatable bonds is 3. The Morgan fingerprint density at radius 1 is 1.35 bits per heavy atom. The molecule has 0 unspecified atom stereocenters. The topological polar surface area (TPSA) is 27.1 Å². The van der Waals surface area contributed by atoms with Crippen LogP contribution in [0.4, 0.5) is 0 Å². The van der Waals surface area contributed by atoms with E-state index in [9.17, 15) is 0 Å². The van der Waals surface area contributed by atoms with Crippen molar-refractivity contribution in [2.24, 2.45) is 5.41 Å². The van der Waals surface area contributed by atoms with Gasteiger partial charge in [-0.3, -0.25) is 0 Å². The zero-order valence-corrected chi connectivity index (χ0v) is 13.8. The Morgan fingerprint density at radius 3 is 2.65 bits per heavy atom. The largest absolute Gasteiger partial charge is 0.496 e. The number of hydrogen-bond donors (Lipinski definition) is 0. The van der Waals surface area contributed by atoms with Gasteiger partial charge in [0.15, 0.2) is 0 Å². The SMILES string of the molecule is COc1ccc(Br)cc1C(=Cn1ccnc1)C(C)(C)C. The molecule has 1 aromatic heterocycles. The first-order valence-electron chi connectivity index (χ1n) is 6.45. The number of allylic oxidation sites excluding steroid dienone is 1. The van der Waals surface area contributed by atoms with Crippen molar-refractivity contribution in [1.82, 2.24) is 9.55 Å². The summed E-state index contributed by atoms with van der Waals surface area (Å²) in [7, 11) is 1.70. The standard InChI is InChI=1S/C16H19BrN2O/c1-16(2,3)14(10-19-8-7-18-11-19)13-9-12(17)5-6-15(13)20-4/h5-11H,1-4H3. The molecule has 20 heavy (non-hydrogen) atoms. The second-order valence-electron chi connectivity index (χ2n) is 5.65. The van der Waals surface area contributed by atoms with E-state index >= 15 is 0 Å². The van der Waals surface area contributed by atoms with E-state index in [1.165, 1.54) is 5.57 Å². The van der Waals surface area contributed by atoms with Crippen molar-refractivity contribution >= 4 is 27.7 Å². The second-order valence-corrected chi connectivity index (χ2v) is 6.56. The van der Waals surface area contributed by atoms with E-state index in [2.05, 4.69) is 54.0 Å². The molecule has 2 aromatic rings. The van der Waals surface area contributed by atoms with Crippen LogP contribution in [0.2, 0.25) is 0 Å². The lowest BCUT2D eigenvalue weighted by atomic mass is 9.82. The first-order chi connectivity index (χ1) is 9.41. The van der Waals surface area contributed by atoms with E-state index in [4.69, 9.17) is 4.74 Å². The van der Waals surface area contributed by atoms with E-state index in [1.807, 2.05) is 22.9 Å². The smallest absolute Gasteiger partial charge is 0.126 e. The van der Waals surface area contributed by atoms with Crippen molar-refractivity contribution in [2.45, 2.75) is 20.8 Å². The zero-order valence-electron chi connectivity index (χ0n) is 12.2. The highest BCUT2D eigenvalue weighted by atomic mass is 79.9. The molecule has 0 aliphatic heterocycles. The molecule has 0 radical (unpaired) electrons. The molecule has 0 N–H and O–H groups in total. The van der Waals surface area contributed by atoms with Crippen LogP contribution in [-0.4, -0.2) is 16.7 Å². The van der Waals surface area contributed by atoms with Crippen molar-refractivity contribution in [3.05, 3.63) is 47.0 Å². The van der Waals surface area contributed by atoms with Crippen LogP contribution in [0.1, 0.15) is 26.3 Å². The minimum atomic E-state index is -0.0155. The summed E-state index contributed by atoms with van der Waals surface area (Å²) in [6.45, 7) is 6.57. The molecular formula is C16H19BrN2O. The molecule has 4 heteroatoms. The van der Waals surface area contributed by atoms with Gasteiger partial charge in [-0.15, -0.1) is 0 Å². The Kier molecular flexibility index (Phi) is 4.33. The maximum absolute atomic E-state index is 5.51. The lowest BCUT2D eigenvalue weighted by molar-refractivity contribution is 0.411. The van der Waals surface area contributed by atoms with Gasteiger partial charge >= 0.3 is 0 Å². The van der Waals surface area contributed by atoms with Gasteiger partial charge in [-0.2, -0.15) is 0 Å². The fraction of sp³-hybridized carbons (Fsp3) is 0.312. The van der Waals surface area contributed by atoms with Gasteiger partial charge in [-0.05, 0) is 29.2 Å². The normalized spacial score (nSPS) is 12.6. The second kappa shape index (κ2) is 5.83. The molecule has 0 aliphatic carbocycles. The summed E-state index contributed by atoms with van der Waals surface area (Å²) in [5.74, 6) is 0.870. The van der Waals surface area contributed by atoms with Gasteiger partial charge in [0.1, 0.15) is 5.75 Å². The van der Waals surface area contributed by atoms with E-state index in [0.29, 0.717) is 0 Å². The molecule has 1 aromatic carbocycles. The fourth-order valence-electron chi connectivity index (χ4n) is 2.05. The zero-order chi connectivity index (χ0) is 14.8. The summed E-state index contributed by atoms with van der Waals surface area (Å²) in [4.78, 5) is 4.09. The van der Waals surface area contributed by atoms with E-state index in [1.54, 1.807) is 19.6 Å². The Labute approximate surface area is 128 Å². The summed E-state index contributed by atoms with van der Waals surface area (Å²) in [6.07, 6.45) is 7.58. The molecule has 2 rings (SSSR count). The summed E-state index contributed by atoms with van der Waals surface area (Å²) in [5, 5.41) is 0. The van der Waals surface area contributed by atoms with Crippen LogP contribution >= 0.6 is 15.9 Å². The molecule has 0 fully saturated rings. The van der Waals surface area contributed by atoms with Crippen LogP contribution in [0.15, 0.2) is 41.4 Å².